The van der Waals surface area contributed by atoms with Gasteiger partial charge >= 0.3 is 6.09 Å². The molecule has 0 aromatic heterocycles. The zero-order chi connectivity index (χ0) is 29.8. The fraction of sp³-hybridized carbons (Fsp3) is 0.484. The zero-order valence-corrected chi connectivity index (χ0v) is 24.7. The lowest BCUT2D eigenvalue weighted by Crippen LogP contribution is -2.54. The molecule has 42 heavy (non-hydrogen) atoms. The van der Waals surface area contributed by atoms with E-state index in [0.717, 1.165) is 37.0 Å². The van der Waals surface area contributed by atoms with Crippen molar-refractivity contribution in [1.82, 2.24) is 9.91 Å². The Morgan fingerprint density at radius 2 is 1.69 bits per heavy atom. The molecule has 224 valence electrons. The fourth-order valence-electron chi connectivity index (χ4n) is 6.41. The first kappa shape index (κ1) is 29.7. The average Bonchev–Trinajstić information content (AvgIpc) is 3.01. The van der Waals surface area contributed by atoms with Crippen molar-refractivity contribution >= 4 is 35.2 Å². The maximum Gasteiger partial charge on any atom is 0.405 e. The second-order valence-corrected chi connectivity index (χ2v) is 11.4. The second-order valence-electron chi connectivity index (χ2n) is 11.0. The number of benzene rings is 2. The number of likely N-dealkylation sites (tertiary alicyclic amines) is 1. The molecule has 10 nitrogen and oxygen atoms in total. The first-order chi connectivity index (χ1) is 20.3. The van der Waals surface area contributed by atoms with E-state index in [0.29, 0.717) is 48.0 Å². The number of halogens is 1. The monoisotopic (exact) mass is 596 g/mol. The SMILES string of the molecule is COc1ccc(C2=NN(C3CCN(C(=O)[C@H](Cc4ccccc4Cl)OC(N)=O)CC3)C(=O)[C@@H]3CCCC[C@H]23)cc1OC. The maximum absolute atomic E-state index is 13.7. The van der Waals surface area contributed by atoms with Gasteiger partial charge in [0.2, 0.25) is 5.91 Å². The van der Waals surface area contributed by atoms with E-state index in [4.69, 9.17) is 36.6 Å². The molecule has 2 aromatic carbocycles. The number of carbonyl (C=O) groups excluding carboxylic acids is 3. The lowest BCUT2D eigenvalue weighted by atomic mass is 9.73. The third kappa shape index (κ3) is 6.18. The summed E-state index contributed by atoms with van der Waals surface area (Å²) in [7, 11) is 3.20. The van der Waals surface area contributed by atoms with Crippen molar-refractivity contribution in [3.05, 3.63) is 58.6 Å². The molecule has 5 rings (SSSR count). The largest absolute Gasteiger partial charge is 0.493 e. The Morgan fingerprint density at radius 1 is 1.00 bits per heavy atom. The number of ether oxygens (including phenoxy) is 3. The minimum Gasteiger partial charge on any atom is -0.493 e. The summed E-state index contributed by atoms with van der Waals surface area (Å²) >= 11 is 6.29. The molecule has 2 aliphatic heterocycles. The van der Waals surface area contributed by atoms with E-state index >= 15 is 0 Å². The van der Waals surface area contributed by atoms with Gasteiger partial charge in [-0.1, -0.05) is 42.6 Å². The summed E-state index contributed by atoms with van der Waals surface area (Å²) < 4.78 is 16.2. The lowest BCUT2D eigenvalue weighted by Gasteiger charge is -2.43. The number of rotatable bonds is 8. The fourth-order valence-corrected chi connectivity index (χ4v) is 6.62. The number of methoxy groups -OCH3 is 2. The average molecular weight is 597 g/mol. The summed E-state index contributed by atoms with van der Waals surface area (Å²) in [5.41, 5.74) is 7.80. The summed E-state index contributed by atoms with van der Waals surface area (Å²) in [6.07, 6.45) is 2.92. The van der Waals surface area contributed by atoms with E-state index in [1.807, 2.05) is 24.3 Å². The summed E-state index contributed by atoms with van der Waals surface area (Å²) in [5.74, 6) is 0.906. The van der Waals surface area contributed by atoms with Crippen LogP contribution in [0.1, 0.15) is 49.7 Å². The van der Waals surface area contributed by atoms with E-state index < -0.39 is 12.2 Å². The molecule has 1 aliphatic carbocycles. The van der Waals surface area contributed by atoms with Gasteiger partial charge in [-0.2, -0.15) is 5.10 Å². The highest BCUT2D eigenvalue weighted by Gasteiger charge is 2.44. The molecule has 11 heteroatoms. The maximum atomic E-state index is 13.7. The number of hydrogen-bond acceptors (Lipinski definition) is 7. The first-order valence-corrected chi connectivity index (χ1v) is 14.8. The van der Waals surface area contributed by atoms with Crippen LogP contribution in [-0.2, 0) is 20.7 Å². The number of amides is 3. The van der Waals surface area contributed by atoms with Crippen LogP contribution in [0.25, 0.3) is 0 Å². The van der Waals surface area contributed by atoms with Crippen LogP contribution in [-0.4, -0.2) is 73.0 Å². The molecule has 2 fully saturated rings. The Kier molecular flexibility index (Phi) is 9.21. The van der Waals surface area contributed by atoms with Gasteiger partial charge in [0.05, 0.1) is 26.0 Å². The van der Waals surface area contributed by atoms with Gasteiger partial charge in [-0.3, -0.25) is 9.59 Å². The number of piperidine rings is 1. The summed E-state index contributed by atoms with van der Waals surface area (Å²) in [4.78, 5) is 40.5. The van der Waals surface area contributed by atoms with Crippen molar-refractivity contribution < 1.29 is 28.6 Å². The number of hydrazone groups is 1. The highest BCUT2D eigenvalue weighted by Crippen LogP contribution is 2.40. The van der Waals surface area contributed by atoms with Gasteiger partial charge in [0.15, 0.2) is 17.6 Å². The Bertz CT molecular complexity index is 1360. The molecule has 1 saturated heterocycles. The first-order valence-electron chi connectivity index (χ1n) is 14.4. The smallest absolute Gasteiger partial charge is 0.405 e. The lowest BCUT2D eigenvalue weighted by molar-refractivity contribution is -0.145. The molecule has 0 unspecified atom stereocenters. The predicted molar refractivity (Wildman–Crippen MR) is 158 cm³/mol. The van der Waals surface area contributed by atoms with E-state index in [1.54, 1.807) is 42.3 Å². The van der Waals surface area contributed by atoms with Gasteiger partial charge in [0, 0.05) is 41.9 Å². The minimum absolute atomic E-state index is 0.0544. The number of fused-ring (bicyclic) bond motifs is 1. The van der Waals surface area contributed by atoms with Gasteiger partial charge in [-0.15, -0.1) is 0 Å². The molecule has 2 heterocycles. The number of hydrogen-bond donors (Lipinski definition) is 1. The van der Waals surface area contributed by atoms with Gasteiger partial charge in [-0.05, 0) is 55.5 Å². The van der Waals surface area contributed by atoms with Gasteiger partial charge in [-0.25, -0.2) is 9.80 Å². The van der Waals surface area contributed by atoms with Crippen LogP contribution in [0, 0.1) is 11.8 Å². The van der Waals surface area contributed by atoms with Crippen LogP contribution >= 0.6 is 11.6 Å². The normalized spacial score (nSPS) is 21.7. The van der Waals surface area contributed by atoms with Crippen LogP contribution in [0.4, 0.5) is 4.79 Å². The summed E-state index contributed by atoms with van der Waals surface area (Å²) in [6, 6.07) is 12.7. The van der Waals surface area contributed by atoms with E-state index in [1.165, 1.54) is 0 Å². The Labute approximate surface area is 250 Å². The van der Waals surface area contributed by atoms with Crippen molar-refractivity contribution in [2.45, 2.75) is 57.1 Å². The Hall–Kier alpha value is -3.79. The third-order valence-electron chi connectivity index (χ3n) is 8.57. The molecule has 3 atom stereocenters. The molecule has 2 N–H and O–H groups in total. The summed E-state index contributed by atoms with van der Waals surface area (Å²) in [5, 5.41) is 7.13. The van der Waals surface area contributed by atoms with Gasteiger partial charge in [0.1, 0.15) is 0 Å². The minimum atomic E-state index is -1.09. The van der Waals surface area contributed by atoms with Crippen molar-refractivity contribution in [2.75, 3.05) is 27.3 Å². The number of nitrogens with zero attached hydrogens (tertiary/aromatic N) is 3. The number of primary amides is 1. The highest BCUT2D eigenvalue weighted by molar-refractivity contribution is 6.31. The second kappa shape index (κ2) is 13.0. The molecular weight excluding hydrogens is 560 g/mol. The molecule has 3 aliphatic rings. The van der Waals surface area contributed by atoms with Crippen LogP contribution in [0.2, 0.25) is 5.02 Å². The number of nitrogens with two attached hydrogens (primary N) is 1. The molecule has 0 spiro atoms. The number of carbonyl (C=O) groups is 3. The topological polar surface area (TPSA) is 124 Å². The molecule has 2 aromatic rings. The quantitative estimate of drug-likeness (QED) is 0.481. The molecule has 3 amide bonds. The molecular formula is C31H37ClN4O6. The van der Waals surface area contributed by atoms with Crippen LogP contribution in [0.5, 0.6) is 11.5 Å². The third-order valence-corrected chi connectivity index (χ3v) is 8.94. The predicted octanol–water partition coefficient (Wildman–Crippen LogP) is 4.41. The van der Waals surface area contributed by atoms with Gasteiger partial charge in [0.25, 0.3) is 5.91 Å². The Morgan fingerprint density at radius 3 is 2.36 bits per heavy atom. The van der Waals surface area contributed by atoms with E-state index in [9.17, 15) is 14.4 Å². The van der Waals surface area contributed by atoms with Gasteiger partial charge < -0.3 is 24.8 Å². The molecule has 1 saturated carbocycles. The zero-order valence-electron chi connectivity index (χ0n) is 24.0. The summed E-state index contributed by atoms with van der Waals surface area (Å²) in [6.45, 7) is 0.785. The van der Waals surface area contributed by atoms with Crippen LogP contribution < -0.4 is 15.2 Å². The standard InChI is InChI=1S/C31H37ClN4O6/c1-40-25-12-11-20(18-26(25)41-2)28-22-8-4-5-9-23(22)29(37)36(34-28)21-13-15-35(16-14-21)30(38)27(42-31(33)39)17-19-7-3-6-10-24(19)32/h3,6-7,10-12,18,21-23,27H,4-5,8-9,13-17H2,1-2H3,(H2,33,39)/t22-,23+,27-/m0/s1. The Balaban J connectivity index is 1.34. The van der Waals surface area contributed by atoms with Crippen molar-refractivity contribution in [3.63, 3.8) is 0 Å². The molecule has 0 bridgehead atoms. The van der Waals surface area contributed by atoms with E-state index in [-0.39, 0.29) is 36.1 Å². The highest BCUT2D eigenvalue weighted by atomic mass is 35.5. The van der Waals surface area contributed by atoms with E-state index in [2.05, 4.69) is 0 Å². The molecule has 0 radical (unpaired) electrons. The van der Waals surface area contributed by atoms with Crippen molar-refractivity contribution in [2.24, 2.45) is 22.7 Å². The van der Waals surface area contributed by atoms with Crippen molar-refractivity contribution in [1.29, 1.82) is 0 Å². The van der Waals surface area contributed by atoms with Crippen molar-refractivity contribution in [3.8, 4) is 11.5 Å². The van der Waals surface area contributed by atoms with Crippen LogP contribution in [0.3, 0.4) is 0 Å². The van der Waals surface area contributed by atoms with Crippen LogP contribution in [0.15, 0.2) is 47.6 Å².